The second kappa shape index (κ2) is 7.10. The molecule has 0 radical (unpaired) electrons. The van der Waals surface area contributed by atoms with Crippen LogP contribution in [0.3, 0.4) is 0 Å². The zero-order valence-electron chi connectivity index (χ0n) is 10.2. The molecule has 1 heterocycles. The van der Waals surface area contributed by atoms with Crippen molar-refractivity contribution in [2.45, 2.75) is 25.3 Å². The van der Waals surface area contributed by atoms with E-state index in [4.69, 9.17) is 10.8 Å². The fraction of sp³-hybridized carbons (Fsp3) is 0.333. The Morgan fingerprint density at radius 2 is 1.95 bits per heavy atom. The molecule has 0 spiro atoms. The van der Waals surface area contributed by atoms with Crippen LogP contribution in [0.5, 0.6) is 0 Å². The molecule has 0 aliphatic carbocycles. The average molecular weight is 265 g/mol. The number of aliphatic carboxylic acids is 1. The summed E-state index contributed by atoms with van der Waals surface area (Å²) in [7, 11) is 0. The lowest BCUT2D eigenvalue weighted by Crippen LogP contribution is -2.43. The molecule has 2 amide bonds. The monoisotopic (exact) mass is 265 g/mol. The molecular weight excluding hydrogens is 250 g/mol. The van der Waals surface area contributed by atoms with Crippen LogP contribution in [0.1, 0.15) is 18.4 Å². The molecule has 0 saturated heterocycles. The fourth-order valence-corrected chi connectivity index (χ4v) is 1.48. The molecule has 0 aliphatic heterocycles. The van der Waals surface area contributed by atoms with Crippen molar-refractivity contribution in [2.75, 3.05) is 0 Å². The number of aryl methyl sites for hydroxylation is 1. The van der Waals surface area contributed by atoms with E-state index < -0.39 is 30.2 Å². The second-order valence-corrected chi connectivity index (χ2v) is 3.98. The highest BCUT2D eigenvalue weighted by atomic mass is 16.4. The number of amides is 2. The third kappa shape index (κ3) is 5.62. The van der Waals surface area contributed by atoms with Crippen LogP contribution in [-0.4, -0.2) is 33.9 Å². The summed E-state index contributed by atoms with van der Waals surface area (Å²) < 4.78 is 0. The maximum atomic E-state index is 11.6. The lowest BCUT2D eigenvalue weighted by molar-refractivity contribution is -0.143. The summed E-state index contributed by atoms with van der Waals surface area (Å²) >= 11 is 0. The first-order valence-electron chi connectivity index (χ1n) is 5.68. The number of aromatic nitrogens is 1. The minimum absolute atomic E-state index is 0.132. The van der Waals surface area contributed by atoms with E-state index in [0.717, 1.165) is 5.56 Å². The number of hydrogen-bond acceptors (Lipinski definition) is 4. The van der Waals surface area contributed by atoms with Crippen LogP contribution in [0.25, 0.3) is 0 Å². The maximum Gasteiger partial charge on any atom is 0.326 e. The SMILES string of the molecule is NC(=O)C[C@H](NC(=O)CCc1ccncc1)C(=O)O. The summed E-state index contributed by atoms with van der Waals surface area (Å²) in [6.07, 6.45) is 3.40. The highest BCUT2D eigenvalue weighted by Gasteiger charge is 2.21. The second-order valence-electron chi connectivity index (χ2n) is 3.98. The zero-order chi connectivity index (χ0) is 14.3. The van der Waals surface area contributed by atoms with Gasteiger partial charge in [-0.05, 0) is 24.1 Å². The number of nitrogens with one attached hydrogen (secondary N) is 1. The van der Waals surface area contributed by atoms with Crippen LogP contribution in [0.15, 0.2) is 24.5 Å². The van der Waals surface area contributed by atoms with E-state index in [9.17, 15) is 14.4 Å². The number of hydrogen-bond donors (Lipinski definition) is 3. The Balaban J connectivity index is 2.45. The third-order valence-corrected chi connectivity index (χ3v) is 2.43. The molecule has 1 aromatic heterocycles. The van der Waals surface area contributed by atoms with Crippen molar-refractivity contribution in [1.82, 2.24) is 10.3 Å². The molecule has 1 aromatic rings. The lowest BCUT2D eigenvalue weighted by Gasteiger charge is -2.12. The third-order valence-electron chi connectivity index (χ3n) is 2.43. The van der Waals surface area contributed by atoms with E-state index in [1.54, 1.807) is 24.5 Å². The van der Waals surface area contributed by atoms with E-state index in [-0.39, 0.29) is 6.42 Å². The summed E-state index contributed by atoms with van der Waals surface area (Å²) in [4.78, 5) is 36.9. The summed E-state index contributed by atoms with van der Waals surface area (Å²) in [5, 5.41) is 11.1. The van der Waals surface area contributed by atoms with Gasteiger partial charge in [-0.25, -0.2) is 4.79 Å². The highest BCUT2D eigenvalue weighted by molar-refractivity contribution is 5.88. The van der Waals surface area contributed by atoms with Gasteiger partial charge in [-0.15, -0.1) is 0 Å². The number of carboxylic acids is 1. The van der Waals surface area contributed by atoms with Crippen LogP contribution in [0.2, 0.25) is 0 Å². The number of nitrogens with two attached hydrogens (primary N) is 1. The first-order valence-corrected chi connectivity index (χ1v) is 5.68. The van der Waals surface area contributed by atoms with Gasteiger partial charge in [-0.3, -0.25) is 14.6 Å². The molecule has 1 rings (SSSR count). The van der Waals surface area contributed by atoms with Gasteiger partial charge < -0.3 is 16.2 Å². The summed E-state index contributed by atoms with van der Waals surface area (Å²) in [6, 6.07) is 2.26. The molecule has 0 fully saturated rings. The first kappa shape index (κ1) is 14.6. The number of carbonyl (C=O) groups is 3. The molecule has 19 heavy (non-hydrogen) atoms. The molecule has 0 bridgehead atoms. The summed E-state index contributed by atoms with van der Waals surface area (Å²) in [6.45, 7) is 0. The molecule has 0 unspecified atom stereocenters. The number of carboxylic acid groups (broad SMARTS) is 1. The number of rotatable bonds is 7. The minimum Gasteiger partial charge on any atom is -0.480 e. The normalized spacial score (nSPS) is 11.6. The van der Waals surface area contributed by atoms with Crippen LogP contribution < -0.4 is 11.1 Å². The van der Waals surface area contributed by atoms with Gasteiger partial charge >= 0.3 is 5.97 Å². The van der Waals surface area contributed by atoms with Gasteiger partial charge in [0.1, 0.15) is 6.04 Å². The van der Waals surface area contributed by atoms with E-state index in [0.29, 0.717) is 6.42 Å². The van der Waals surface area contributed by atoms with Crippen molar-refractivity contribution in [3.63, 3.8) is 0 Å². The topological polar surface area (TPSA) is 122 Å². The van der Waals surface area contributed by atoms with E-state index in [2.05, 4.69) is 10.3 Å². The Morgan fingerprint density at radius 1 is 1.32 bits per heavy atom. The van der Waals surface area contributed by atoms with Crippen molar-refractivity contribution in [3.8, 4) is 0 Å². The van der Waals surface area contributed by atoms with E-state index in [1.807, 2.05) is 0 Å². The Bertz CT molecular complexity index is 461. The first-order chi connectivity index (χ1) is 8.99. The van der Waals surface area contributed by atoms with Crippen LogP contribution in [0.4, 0.5) is 0 Å². The quantitative estimate of drug-likeness (QED) is 0.611. The Hall–Kier alpha value is -2.44. The molecule has 4 N–H and O–H groups in total. The molecule has 102 valence electrons. The van der Waals surface area contributed by atoms with Crippen molar-refractivity contribution < 1.29 is 19.5 Å². The fourth-order valence-electron chi connectivity index (χ4n) is 1.48. The van der Waals surface area contributed by atoms with Crippen molar-refractivity contribution in [3.05, 3.63) is 30.1 Å². The molecule has 7 nitrogen and oxygen atoms in total. The molecule has 0 aromatic carbocycles. The van der Waals surface area contributed by atoms with Gasteiger partial charge in [0.15, 0.2) is 0 Å². The van der Waals surface area contributed by atoms with E-state index in [1.165, 1.54) is 0 Å². The van der Waals surface area contributed by atoms with Crippen molar-refractivity contribution >= 4 is 17.8 Å². The van der Waals surface area contributed by atoms with E-state index >= 15 is 0 Å². The highest BCUT2D eigenvalue weighted by Crippen LogP contribution is 2.01. The van der Waals surface area contributed by atoms with Gasteiger partial charge in [0, 0.05) is 18.8 Å². The lowest BCUT2D eigenvalue weighted by atomic mass is 10.1. The summed E-state index contributed by atoms with van der Waals surface area (Å²) in [5.74, 6) is -2.50. The van der Waals surface area contributed by atoms with Crippen LogP contribution >= 0.6 is 0 Å². The minimum atomic E-state index is -1.28. The van der Waals surface area contributed by atoms with Crippen molar-refractivity contribution in [1.29, 1.82) is 0 Å². The predicted octanol–water partition coefficient (Wildman–Crippen LogP) is -0.541. The van der Waals surface area contributed by atoms with Gasteiger partial charge in [0.25, 0.3) is 0 Å². The number of pyridine rings is 1. The average Bonchev–Trinajstić information content (AvgIpc) is 2.36. The van der Waals surface area contributed by atoms with Gasteiger partial charge in [-0.2, -0.15) is 0 Å². The molecule has 1 atom stereocenters. The van der Waals surface area contributed by atoms with Crippen molar-refractivity contribution in [2.24, 2.45) is 5.73 Å². The van der Waals surface area contributed by atoms with Crippen LogP contribution in [0, 0.1) is 0 Å². The zero-order valence-corrected chi connectivity index (χ0v) is 10.2. The Morgan fingerprint density at radius 3 is 2.47 bits per heavy atom. The maximum absolute atomic E-state index is 11.6. The Labute approximate surface area is 109 Å². The van der Waals surface area contributed by atoms with Gasteiger partial charge in [-0.1, -0.05) is 0 Å². The molecular formula is C12H15N3O4. The number of carbonyl (C=O) groups excluding carboxylic acids is 2. The molecule has 0 saturated carbocycles. The largest absolute Gasteiger partial charge is 0.480 e. The standard InChI is InChI=1S/C12H15N3O4/c13-10(16)7-9(12(18)19)15-11(17)2-1-8-3-5-14-6-4-8/h3-6,9H,1-2,7H2,(H2,13,16)(H,15,17)(H,18,19)/t9-/m0/s1. The molecule has 7 heteroatoms. The number of primary amides is 1. The smallest absolute Gasteiger partial charge is 0.326 e. The summed E-state index contributed by atoms with van der Waals surface area (Å²) in [5.41, 5.74) is 5.83. The van der Waals surface area contributed by atoms with Gasteiger partial charge in [0.2, 0.25) is 11.8 Å². The number of nitrogens with zero attached hydrogens (tertiary/aromatic N) is 1. The predicted molar refractivity (Wildman–Crippen MR) is 65.9 cm³/mol. The Kier molecular flexibility index (Phi) is 5.46. The van der Waals surface area contributed by atoms with Crippen LogP contribution in [-0.2, 0) is 20.8 Å². The van der Waals surface area contributed by atoms with Gasteiger partial charge in [0.05, 0.1) is 6.42 Å². The molecule has 0 aliphatic rings.